The minimum Gasteiger partial charge on any atom is -0.396 e. The molecule has 74 valence electrons. The van der Waals surface area contributed by atoms with Crippen LogP contribution in [-0.2, 0) is 4.74 Å². The van der Waals surface area contributed by atoms with E-state index in [4.69, 9.17) is 9.84 Å². The Labute approximate surface area is 75.3 Å². The Morgan fingerprint density at radius 2 is 1.83 bits per heavy atom. The molecular formula is C9H21NO2. The Hall–Kier alpha value is -0.120. The summed E-state index contributed by atoms with van der Waals surface area (Å²) < 4.78 is 5.04. The van der Waals surface area contributed by atoms with Gasteiger partial charge in [0, 0.05) is 6.54 Å². The standard InChI is InChI=1S/C7H15NO2.C2H6/c1-8(2)3-7(4-9)5-10-6-7;1-2/h9H,3-6H2,1-2H3;1-2H3. The topological polar surface area (TPSA) is 32.7 Å². The van der Waals surface area contributed by atoms with Gasteiger partial charge in [0.15, 0.2) is 0 Å². The number of nitrogens with zero attached hydrogens (tertiary/aromatic N) is 1. The van der Waals surface area contributed by atoms with Crippen LogP contribution in [0.4, 0.5) is 0 Å². The van der Waals surface area contributed by atoms with Crippen molar-refractivity contribution in [1.82, 2.24) is 4.90 Å². The Bertz CT molecular complexity index is 106. The highest BCUT2D eigenvalue weighted by atomic mass is 16.5. The molecule has 0 saturated carbocycles. The Balaban J connectivity index is 0.000000561. The van der Waals surface area contributed by atoms with Gasteiger partial charge in [-0.2, -0.15) is 0 Å². The van der Waals surface area contributed by atoms with Crippen LogP contribution in [0.15, 0.2) is 0 Å². The molecule has 0 spiro atoms. The van der Waals surface area contributed by atoms with Gasteiger partial charge in [0.1, 0.15) is 0 Å². The summed E-state index contributed by atoms with van der Waals surface area (Å²) in [5.41, 5.74) is 0.0451. The summed E-state index contributed by atoms with van der Waals surface area (Å²) in [6.45, 7) is 6.58. The van der Waals surface area contributed by atoms with Crippen molar-refractivity contribution in [2.24, 2.45) is 5.41 Å². The Kier molecular flexibility index (Phi) is 5.46. The molecule has 1 rings (SSSR count). The average Bonchev–Trinajstić information content (AvgIpc) is 2.01. The van der Waals surface area contributed by atoms with E-state index in [9.17, 15) is 0 Å². The molecule has 3 heteroatoms. The molecule has 0 aliphatic carbocycles. The van der Waals surface area contributed by atoms with E-state index >= 15 is 0 Å². The number of ether oxygens (including phenoxy) is 1. The van der Waals surface area contributed by atoms with Crippen molar-refractivity contribution in [3.8, 4) is 0 Å². The van der Waals surface area contributed by atoms with Crippen LogP contribution in [0.2, 0.25) is 0 Å². The highest BCUT2D eigenvalue weighted by molar-refractivity contribution is 4.86. The Morgan fingerprint density at radius 1 is 1.33 bits per heavy atom. The summed E-state index contributed by atoms with van der Waals surface area (Å²) >= 11 is 0. The minimum absolute atomic E-state index is 0.0451. The first-order valence-electron chi connectivity index (χ1n) is 4.52. The molecule has 12 heavy (non-hydrogen) atoms. The molecule has 3 nitrogen and oxygen atoms in total. The Morgan fingerprint density at radius 3 is 1.92 bits per heavy atom. The number of hydrogen-bond donors (Lipinski definition) is 1. The quantitative estimate of drug-likeness (QED) is 0.681. The molecule has 1 fully saturated rings. The number of aliphatic hydroxyl groups excluding tert-OH is 1. The van der Waals surface area contributed by atoms with Gasteiger partial charge in [-0.25, -0.2) is 0 Å². The van der Waals surface area contributed by atoms with Crippen LogP contribution in [0.25, 0.3) is 0 Å². The van der Waals surface area contributed by atoms with Crippen molar-refractivity contribution in [3.63, 3.8) is 0 Å². The number of aliphatic hydroxyl groups is 1. The van der Waals surface area contributed by atoms with Crippen LogP contribution < -0.4 is 0 Å². The van der Waals surface area contributed by atoms with Gasteiger partial charge in [-0.05, 0) is 14.1 Å². The molecule has 0 amide bonds. The van der Waals surface area contributed by atoms with Crippen LogP contribution in [0, 0.1) is 5.41 Å². The van der Waals surface area contributed by atoms with E-state index < -0.39 is 0 Å². The van der Waals surface area contributed by atoms with E-state index in [0.717, 1.165) is 6.54 Å². The van der Waals surface area contributed by atoms with Crippen LogP contribution in [-0.4, -0.2) is 50.5 Å². The van der Waals surface area contributed by atoms with Crippen LogP contribution >= 0.6 is 0 Å². The van der Waals surface area contributed by atoms with Gasteiger partial charge < -0.3 is 14.7 Å². The summed E-state index contributed by atoms with van der Waals surface area (Å²) in [5, 5.41) is 8.98. The van der Waals surface area contributed by atoms with Crippen molar-refractivity contribution in [2.45, 2.75) is 13.8 Å². The van der Waals surface area contributed by atoms with Gasteiger partial charge in [-0.1, -0.05) is 13.8 Å². The fourth-order valence-corrected chi connectivity index (χ4v) is 1.29. The second-order valence-electron chi connectivity index (χ2n) is 3.39. The van der Waals surface area contributed by atoms with Gasteiger partial charge in [0.25, 0.3) is 0 Å². The molecule has 1 N–H and O–H groups in total. The molecule has 0 unspecified atom stereocenters. The molecular weight excluding hydrogens is 154 g/mol. The lowest BCUT2D eigenvalue weighted by atomic mass is 9.87. The molecule has 1 aliphatic heterocycles. The largest absolute Gasteiger partial charge is 0.396 e. The SMILES string of the molecule is CC.CN(C)CC1(CO)COC1. The highest BCUT2D eigenvalue weighted by Gasteiger charge is 2.38. The zero-order valence-corrected chi connectivity index (χ0v) is 8.63. The van der Waals surface area contributed by atoms with Gasteiger partial charge >= 0.3 is 0 Å². The summed E-state index contributed by atoms with van der Waals surface area (Å²) in [7, 11) is 4.02. The fourth-order valence-electron chi connectivity index (χ4n) is 1.29. The van der Waals surface area contributed by atoms with Gasteiger partial charge in [0.05, 0.1) is 25.2 Å². The molecule has 0 aromatic rings. The molecule has 0 radical (unpaired) electrons. The number of rotatable bonds is 3. The van der Waals surface area contributed by atoms with Crippen molar-refractivity contribution >= 4 is 0 Å². The molecule has 0 bridgehead atoms. The van der Waals surface area contributed by atoms with Crippen molar-refractivity contribution in [1.29, 1.82) is 0 Å². The third-order valence-electron chi connectivity index (χ3n) is 1.80. The van der Waals surface area contributed by atoms with Gasteiger partial charge in [0.2, 0.25) is 0 Å². The first kappa shape index (κ1) is 11.9. The zero-order valence-electron chi connectivity index (χ0n) is 8.63. The molecule has 1 aliphatic rings. The minimum atomic E-state index is 0.0451. The lowest BCUT2D eigenvalue weighted by Crippen LogP contribution is -2.51. The predicted molar refractivity (Wildman–Crippen MR) is 50.2 cm³/mol. The zero-order chi connectivity index (χ0) is 9.61. The maximum atomic E-state index is 8.98. The first-order chi connectivity index (χ1) is 5.68. The summed E-state index contributed by atoms with van der Waals surface area (Å²) in [5.74, 6) is 0. The summed E-state index contributed by atoms with van der Waals surface area (Å²) in [4.78, 5) is 2.08. The predicted octanol–water partition coefficient (Wildman–Crippen LogP) is 0.583. The molecule has 0 aromatic carbocycles. The lowest BCUT2D eigenvalue weighted by Gasteiger charge is -2.41. The second kappa shape index (κ2) is 5.51. The monoisotopic (exact) mass is 175 g/mol. The molecule has 0 atom stereocenters. The van der Waals surface area contributed by atoms with E-state index in [-0.39, 0.29) is 12.0 Å². The van der Waals surface area contributed by atoms with Gasteiger partial charge in [-0.3, -0.25) is 0 Å². The van der Waals surface area contributed by atoms with E-state index in [2.05, 4.69) is 4.90 Å². The van der Waals surface area contributed by atoms with Crippen molar-refractivity contribution in [2.75, 3.05) is 40.5 Å². The second-order valence-corrected chi connectivity index (χ2v) is 3.39. The smallest absolute Gasteiger partial charge is 0.0579 e. The summed E-state index contributed by atoms with van der Waals surface area (Å²) in [6.07, 6.45) is 0. The van der Waals surface area contributed by atoms with Crippen LogP contribution in [0.1, 0.15) is 13.8 Å². The van der Waals surface area contributed by atoms with E-state index in [1.165, 1.54) is 0 Å². The molecule has 0 aromatic heterocycles. The highest BCUT2D eigenvalue weighted by Crippen LogP contribution is 2.26. The lowest BCUT2D eigenvalue weighted by molar-refractivity contribution is -0.144. The normalized spacial score (nSPS) is 19.5. The maximum absolute atomic E-state index is 8.98. The number of hydrogen-bond acceptors (Lipinski definition) is 3. The van der Waals surface area contributed by atoms with Gasteiger partial charge in [-0.15, -0.1) is 0 Å². The maximum Gasteiger partial charge on any atom is 0.0579 e. The fraction of sp³-hybridized carbons (Fsp3) is 1.00. The first-order valence-corrected chi connectivity index (χ1v) is 4.52. The molecule has 1 heterocycles. The third kappa shape index (κ3) is 3.09. The van der Waals surface area contributed by atoms with Crippen molar-refractivity contribution < 1.29 is 9.84 Å². The van der Waals surface area contributed by atoms with Crippen LogP contribution in [0.5, 0.6) is 0 Å². The van der Waals surface area contributed by atoms with Crippen LogP contribution in [0.3, 0.4) is 0 Å². The average molecular weight is 175 g/mol. The van der Waals surface area contributed by atoms with E-state index in [1.54, 1.807) is 0 Å². The third-order valence-corrected chi connectivity index (χ3v) is 1.80. The van der Waals surface area contributed by atoms with E-state index in [0.29, 0.717) is 13.2 Å². The van der Waals surface area contributed by atoms with Crippen molar-refractivity contribution in [3.05, 3.63) is 0 Å². The summed E-state index contributed by atoms with van der Waals surface area (Å²) in [6, 6.07) is 0. The van der Waals surface area contributed by atoms with E-state index in [1.807, 2.05) is 27.9 Å². The molecule has 1 saturated heterocycles.